The molecule has 0 aliphatic carbocycles. The van der Waals surface area contributed by atoms with Crippen molar-refractivity contribution in [1.29, 1.82) is 0 Å². The van der Waals surface area contributed by atoms with Gasteiger partial charge in [-0.05, 0) is 52.0 Å². The van der Waals surface area contributed by atoms with Gasteiger partial charge in [0, 0.05) is 30.3 Å². The number of hydrogen-bond acceptors (Lipinski definition) is 4. The average molecular weight is 399 g/mol. The lowest BCUT2D eigenvalue weighted by Crippen LogP contribution is -2.55. The summed E-state index contributed by atoms with van der Waals surface area (Å²) in [7, 11) is 0. The monoisotopic (exact) mass is 398 g/mol. The van der Waals surface area contributed by atoms with Gasteiger partial charge in [0.25, 0.3) is 5.91 Å². The first kappa shape index (κ1) is 19.9. The van der Waals surface area contributed by atoms with Gasteiger partial charge in [0.1, 0.15) is 18.2 Å². The van der Waals surface area contributed by atoms with Gasteiger partial charge in [-0.2, -0.15) is 0 Å². The molecule has 1 aromatic carbocycles. The van der Waals surface area contributed by atoms with E-state index in [0.717, 1.165) is 31.4 Å². The first-order valence-corrected chi connectivity index (χ1v) is 10.7. The predicted molar refractivity (Wildman–Crippen MR) is 109 cm³/mol. The highest BCUT2D eigenvalue weighted by atomic mass is 16.2. The van der Waals surface area contributed by atoms with E-state index < -0.39 is 12.1 Å². The first-order chi connectivity index (χ1) is 14.0. The zero-order valence-electron chi connectivity index (χ0n) is 17.2. The van der Waals surface area contributed by atoms with Crippen molar-refractivity contribution in [3.05, 3.63) is 35.4 Å². The molecule has 0 saturated carbocycles. The van der Waals surface area contributed by atoms with Crippen LogP contribution in [0.15, 0.2) is 24.3 Å². The Balaban J connectivity index is 1.63. The van der Waals surface area contributed by atoms with Crippen molar-refractivity contribution in [2.45, 2.75) is 70.2 Å². The molecule has 156 valence electrons. The largest absolute Gasteiger partial charge is 0.354 e. The Morgan fingerprint density at radius 2 is 1.93 bits per heavy atom. The van der Waals surface area contributed by atoms with E-state index in [-0.39, 0.29) is 29.9 Å². The summed E-state index contributed by atoms with van der Waals surface area (Å²) in [6, 6.07) is 6.81. The molecular weight excluding hydrogens is 368 g/mol. The SMILES string of the molecule is CC(C)N1CCCC(C(=O)N[C@H]2CCCCNC2=O)N2C(=O)c3ccccc3[C@H]12. The fraction of sp³-hybridized carbons (Fsp3) is 0.591. The van der Waals surface area contributed by atoms with Gasteiger partial charge in [0.2, 0.25) is 11.8 Å². The highest BCUT2D eigenvalue weighted by Crippen LogP contribution is 2.41. The molecule has 7 heteroatoms. The van der Waals surface area contributed by atoms with Crippen molar-refractivity contribution in [3.63, 3.8) is 0 Å². The van der Waals surface area contributed by atoms with Gasteiger partial charge >= 0.3 is 0 Å². The summed E-state index contributed by atoms with van der Waals surface area (Å²) in [4.78, 5) is 43.0. The highest BCUT2D eigenvalue weighted by Gasteiger charge is 2.47. The van der Waals surface area contributed by atoms with Crippen LogP contribution < -0.4 is 10.6 Å². The maximum Gasteiger partial charge on any atom is 0.256 e. The molecular formula is C22H30N4O3. The van der Waals surface area contributed by atoms with Crippen LogP contribution >= 0.6 is 0 Å². The van der Waals surface area contributed by atoms with Crippen LogP contribution in [-0.2, 0) is 9.59 Å². The summed E-state index contributed by atoms with van der Waals surface area (Å²) in [5.41, 5.74) is 1.65. The fourth-order valence-corrected chi connectivity index (χ4v) is 4.84. The second-order valence-electron chi connectivity index (χ2n) is 8.51. The van der Waals surface area contributed by atoms with E-state index in [9.17, 15) is 14.4 Å². The minimum Gasteiger partial charge on any atom is -0.354 e. The molecule has 0 radical (unpaired) electrons. The third kappa shape index (κ3) is 3.64. The molecule has 29 heavy (non-hydrogen) atoms. The van der Waals surface area contributed by atoms with Crippen LogP contribution in [0.25, 0.3) is 0 Å². The Bertz CT molecular complexity index is 809. The Labute approximate surface area is 171 Å². The Hall–Kier alpha value is -2.41. The molecule has 4 rings (SSSR count). The lowest BCUT2D eigenvalue weighted by atomic mass is 10.1. The van der Waals surface area contributed by atoms with E-state index in [1.165, 1.54) is 0 Å². The number of carbonyl (C=O) groups is 3. The smallest absolute Gasteiger partial charge is 0.256 e. The van der Waals surface area contributed by atoms with Gasteiger partial charge in [0.05, 0.1) is 0 Å². The third-order valence-corrected chi connectivity index (χ3v) is 6.33. The third-order valence-electron chi connectivity index (χ3n) is 6.33. The molecule has 1 aromatic rings. The van der Waals surface area contributed by atoms with Crippen LogP contribution in [0.1, 0.15) is 68.0 Å². The van der Waals surface area contributed by atoms with Crippen LogP contribution in [0.5, 0.6) is 0 Å². The lowest BCUT2D eigenvalue weighted by Gasteiger charge is -2.38. The van der Waals surface area contributed by atoms with Crippen LogP contribution in [0, 0.1) is 0 Å². The first-order valence-electron chi connectivity index (χ1n) is 10.7. The number of benzene rings is 1. The maximum absolute atomic E-state index is 13.3. The quantitative estimate of drug-likeness (QED) is 0.814. The molecule has 7 nitrogen and oxygen atoms in total. The van der Waals surface area contributed by atoms with Crippen LogP contribution in [0.2, 0.25) is 0 Å². The number of fused-ring (bicyclic) bond motifs is 3. The van der Waals surface area contributed by atoms with E-state index in [1.54, 1.807) is 4.90 Å². The zero-order valence-corrected chi connectivity index (χ0v) is 17.2. The molecule has 2 fully saturated rings. The Morgan fingerprint density at radius 1 is 1.14 bits per heavy atom. The number of nitrogens with one attached hydrogen (secondary N) is 2. The minimum absolute atomic E-state index is 0.0939. The van der Waals surface area contributed by atoms with Crippen molar-refractivity contribution >= 4 is 17.7 Å². The predicted octanol–water partition coefficient (Wildman–Crippen LogP) is 1.80. The summed E-state index contributed by atoms with van der Waals surface area (Å²) in [5, 5.41) is 5.81. The molecule has 0 aromatic heterocycles. The zero-order chi connectivity index (χ0) is 20.5. The molecule has 3 aliphatic rings. The normalized spacial score (nSPS) is 27.7. The van der Waals surface area contributed by atoms with Crippen LogP contribution in [0.4, 0.5) is 0 Å². The van der Waals surface area contributed by atoms with Crippen molar-refractivity contribution in [2.75, 3.05) is 13.1 Å². The van der Waals surface area contributed by atoms with Gasteiger partial charge < -0.3 is 15.5 Å². The lowest BCUT2D eigenvalue weighted by molar-refractivity contribution is -0.132. The van der Waals surface area contributed by atoms with Crippen LogP contribution in [0.3, 0.4) is 0 Å². The Kier molecular flexibility index (Phi) is 5.58. The number of carbonyl (C=O) groups excluding carboxylic acids is 3. The number of rotatable bonds is 3. The average Bonchev–Trinajstić information content (AvgIpc) is 2.88. The van der Waals surface area contributed by atoms with Gasteiger partial charge in [0.15, 0.2) is 0 Å². The fourth-order valence-electron chi connectivity index (χ4n) is 4.84. The van der Waals surface area contributed by atoms with E-state index in [4.69, 9.17) is 0 Å². The summed E-state index contributed by atoms with van der Waals surface area (Å²) in [5.74, 6) is -0.437. The Morgan fingerprint density at radius 3 is 2.72 bits per heavy atom. The second-order valence-corrected chi connectivity index (χ2v) is 8.51. The van der Waals surface area contributed by atoms with Gasteiger partial charge in [-0.25, -0.2) is 0 Å². The summed E-state index contributed by atoms with van der Waals surface area (Å²) in [6.45, 7) is 5.73. The second kappa shape index (κ2) is 8.14. The summed E-state index contributed by atoms with van der Waals surface area (Å²) < 4.78 is 0. The number of nitrogens with zero attached hydrogens (tertiary/aromatic N) is 2. The molecule has 0 bridgehead atoms. The topological polar surface area (TPSA) is 81.8 Å². The van der Waals surface area contributed by atoms with E-state index in [0.29, 0.717) is 24.9 Å². The molecule has 2 saturated heterocycles. The summed E-state index contributed by atoms with van der Waals surface area (Å²) in [6.07, 6.45) is 3.65. The van der Waals surface area contributed by atoms with Crippen LogP contribution in [-0.4, -0.2) is 58.7 Å². The van der Waals surface area contributed by atoms with Crippen molar-refractivity contribution in [3.8, 4) is 0 Å². The van der Waals surface area contributed by atoms with Gasteiger partial charge in [-0.3, -0.25) is 19.3 Å². The molecule has 2 N–H and O–H groups in total. The van der Waals surface area contributed by atoms with E-state index in [2.05, 4.69) is 29.4 Å². The molecule has 3 aliphatic heterocycles. The number of hydrogen-bond donors (Lipinski definition) is 2. The van der Waals surface area contributed by atoms with Crippen molar-refractivity contribution in [2.24, 2.45) is 0 Å². The van der Waals surface area contributed by atoms with Crippen molar-refractivity contribution < 1.29 is 14.4 Å². The molecule has 1 unspecified atom stereocenters. The van der Waals surface area contributed by atoms with Gasteiger partial charge in [-0.1, -0.05) is 18.2 Å². The van der Waals surface area contributed by atoms with E-state index in [1.807, 2.05) is 24.3 Å². The number of amides is 3. The van der Waals surface area contributed by atoms with Gasteiger partial charge in [-0.15, -0.1) is 0 Å². The van der Waals surface area contributed by atoms with E-state index >= 15 is 0 Å². The molecule has 0 spiro atoms. The summed E-state index contributed by atoms with van der Waals surface area (Å²) >= 11 is 0. The molecule has 3 heterocycles. The highest BCUT2D eigenvalue weighted by molar-refractivity contribution is 6.02. The minimum atomic E-state index is -0.570. The van der Waals surface area contributed by atoms with Crippen molar-refractivity contribution in [1.82, 2.24) is 20.4 Å². The standard InChI is InChI=1S/C22H30N4O3/c1-14(2)25-13-7-11-18(20(28)24-17-10-5-6-12-23-19(17)27)26-21(25)15-8-3-4-9-16(15)22(26)29/h3-4,8-9,14,17-18,21H,5-7,10-13H2,1-2H3,(H,23,27)(H,24,28)/t17-,18?,21+/m0/s1. The maximum atomic E-state index is 13.3. The molecule has 3 atom stereocenters. The molecule has 3 amide bonds.